The van der Waals surface area contributed by atoms with Crippen LogP contribution in [0.3, 0.4) is 0 Å². The Labute approximate surface area is 143 Å². The minimum atomic E-state index is -0.497. The first-order chi connectivity index (χ1) is 12.1. The van der Waals surface area contributed by atoms with Gasteiger partial charge < -0.3 is 4.74 Å². The van der Waals surface area contributed by atoms with Crippen LogP contribution in [0.4, 0.5) is 5.69 Å². The smallest absolute Gasteiger partial charge is 0.338 e. The zero-order chi connectivity index (χ0) is 17.8. The molecule has 25 heavy (non-hydrogen) atoms. The second-order valence-corrected chi connectivity index (χ2v) is 5.19. The molecule has 2 aromatic rings. The van der Waals surface area contributed by atoms with Gasteiger partial charge in [-0.25, -0.2) is 9.80 Å². The molecule has 0 aliphatic carbocycles. The lowest BCUT2D eigenvalue weighted by atomic mass is 10.1. The van der Waals surface area contributed by atoms with Crippen LogP contribution in [0.1, 0.15) is 22.8 Å². The van der Waals surface area contributed by atoms with E-state index in [0.717, 1.165) is 5.01 Å². The predicted octanol–water partition coefficient (Wildman–Crippen LogP) is 1.72. The van der Waals surface area contributed by atoms with Crippen LogP contribution < -0.4 is 10.4 Å². The van der Waals surface area contributed by atoms with Crippen LogP contribution in [0.25, 0.3) is 6.08 Å². The van der Waals surface area contributed by atoms with Crippen molar-refractivity contribution in [2.75, 3.05) is 11.6 Å². The van der Waals surface area contributed by atoms with Crippen LogP contribution >= 0.6 is 0 Å². The summed E-state index contributed by atoms with van der Waals surface area (Å²) in [4.78, 5) is 40.2. The second kappa shape index (κ2) is 6.96. The minimum Gasteiger partial charge on any atom is -0.462 e. The van der Waals surface area contributed by atoms with Crippen molar-refractivity contribution in [2.45, 2.75) is 6.92 Å². The molecule has 7 nitrogen and oxygen atoms in total. The predicted molar refractivity (Wildman–Crippen MR) is 90.2 cm³/mol. The van der Waals surface area contributed by atoms with E-state index in [0.29, 0.717) is 16.8 Å². The highest BCUT2D eigenvalue weighted by Crippen LogP contribution is 2.22. The molecule has 1 aromatic heterocycles. The Morgan fingerprint density at radius 3 is 2.64 bits per heavy atom. The summed E-state index contributed by atoms with van der Waals surface area (Å²) in [7, 11) is 0. The highest BCUT2D eigenvalue weighted by molar-refractivity contribution is 6.31. The molecule has 2 heterocycles. The molecule has 2 amide bonds. The maximum Gasteiger partial charge on any atom is 0.338 e. The van der Waals surface area contributed by atoms with Gasteiger partial charge in [-0.05, 0) is 48.9 Å². The molecule has 0 bridgehead atoms. The van der Waals surface area contributed by atoms with E-state index in [4.69, 9.17) is 4.74 Å². The maximum absolute atomic E-state index is 12.5. The quantitative estimate of drug-likeness (QED) is 0.521. The van der Waals surface area contributed by atoms with Crippen molar-refractivity contribution >= 4 is 29.5 Å². The van der Waals surface area contributed by atoms with E-state index in [-0.39, 0.29) is 12.2 Å². The Kier molecular flexibility index (Phi) is 4.56. The monoisotopic (exact) mass is 337 g/mol. The van der Waals surface area contributed by atoms with Gasteiger partial charge in [0.15, 0.2) is 0 Å². The summed E-state index contributed by atoms with van der Waals surface area (Å²) >= 11 is 0. The number of pyridine rings is 1. The molecule has 0 atom stereocenters. The average molecular weight is 337 g/mol. The van der Waals surface area contributed by atoms with Gasteiger partial charge in [0, 0.05) is 12.4 Å². The van der Waals surface area contributed by atoms with Gasteiger partial charge in [-0.15, -0.1) is 0 Å². The van der Waals surface area contributed by atoms with Crippen molar-refractivity contribution in [3.05, 3.63) is 65.5 Å². The summed E-state index contributed by atoms with van der Waals surface area (Å²) in [5, 5.41) is 1.14. The Hall–Kier alpha value is -3.48. The summed E-state index contributed by atoms with van der Waals surface area (Å²) < 4.78 is 4.91. The number of hydrazine groups is 1. The topological polar surface area (TPSA) is 88.6 Å². The lowest BCUT2D eigenvalue weighted by molar-refractivity contribution is -0.117. The number of hydrogen-bond acceptors (Lipinski definition) is 5. The molecule has 1 aromatic carbocycles. The third-order valence-electron chi connectivity index (χ3n) is 3.52. The molecule has 0 unspecified atom stereocenters. The molecule has 3 rings (SSSR count). The van der Waals surface area contributed by atoms with Crippen LogP contribution in [-0.4, -0.2) is 29.4 Å². The number of hydrogen-bond donors (Lipinski definition) is 1. The van der Waals surface area contributed by atoms with Crippen molar-refractivity contribution in [1.29, 1.82) is 0 Å². The third kappa shape index (κ3) is 3.40. The number of anilines is 1. The number of esters is 1. The van der Waals surface area contributed by atoms with E-state index in [1.54, 1.807) is 43.6 Å². The molecule has 0 radical (unpaired) electrons. The number of ether oxygens (including phenoxy) is 1. The number of benzene rings is 1. The maximum atomic E-state index is 12.5. The lowest BCUT2D eigenvalue weighted by Gasteiger charge is -2.14. The van der Waals surface area contributed by atoms with Gasteiger partial charge in [0.05, 0.1) is 17.9 Å². The highest BCUT2D eigenvalue weighted by Gasteiger charge is 2.34. The van der Waals surface area contributed by atoms with Crippen molar-refractivity contribution in [3.63, 3.8) is 0 Å². The fourth-order valence-corrected chi connectivity index (χ4v) is 2.33. The van der Waals surface area contributed by atoms with Crippen molar-refractivity contribution in [1.82, 2.24) is 10.4 Å². The SMILES string of the molecule is CCOC(=O)c1ccc(N2NC(=O)C(=Cc3cccnc3)C2=O)cc1. The molecule has 1 saturated heterocycles. The molecule has 7 heteroatoms. The summed E-state index contributed by atoms with van der Waals surface area (Å²) in [6, 6.07) is 9.67. The van der Waals surface area contributed by atoms with Crippen LogP contribution in [0.2, 0.25) is 0 Å². The van der Waals surface area contributed by atoms with Gasteiger partial charge in [0.2, 0.25) is 0 Å². The zero-order valence-electron chi connectivity index (χ0n) is 13.4. The Morgan fingerprint density at radius 2 is 2.00 bits per heavy atom. The number of carbonyl (C=O) groups is 3. The number of rotatable bonds is 4. The van der Waals surface area contributed by atoms with Crippen molar-refractivity contribution in [3.8, 4) is 0 Å². The third-order valence-corrected chi connectivity index (χ3v) is 3.52. The van der Waals surface area contributed by atoms with Crippen LogP contribution in [-0.2, 0) is 14.3 Å². The molecule has 1 fully saturated rings. The van der Waals surface area contributed by atoms with E-state index in [9.17, 15) is 14.4 Å². The summed E-state index contributed by atoms with van der Waals surface area (Å²) in [5.74, 6) is -1.41. The fraction of sp³-hybridized carbons (Fsp3) is 0.111. The van der Waals surface area contributed by atoms with Gasteiger partial charge in [-0.2, -0.15) is 0 Å². The first kappa shape index (κ1) is 16.4. The highest BCUT2D eigenvalue weighted by atomic mass is 16.5. The Bertz CT molecular complexity index is 844. The molecule has 1 N–H and O–H groups in total. The first-order valence-electron chi connectivity index (χ1n) is 7.64. The van der Waals surface area contributed by atoms with Gasteiger partial charge in [-0.1, -0.05) is 6.07 Å². The van der Waals surface area contributed by atoms with E-state index in [2.05, 4.69) is 10.4 Å². The lowest BCUT2D eigenvalue weighted by Crippen LogP contribution is -2.35. The molecule has 0 saturated carbocycles. The van der Waals surface area contributed by atoms with Crippen molar-refractivity contribution in [2.24, 2.45) is 0 Å². The number of nitrogens with zero attached hydrogens (tertiary/aromatic N) is 2. The van der Waals surface area contributed by atoms with E-state index in [1.165, 1.54) is 18.2 Å². The largest absolute Gasteiger partial charge is 0.462 e. The van der Waals surface area contributed by atoms with E-state index in [1.807, 2.05) is 0 Å². The summed E-state index contributed by atoms with van der Waals surface area (Å²) in [6.45, 7) is 2.00. The second-order valence-electron chi connectivity index (χ2n) is 5.19. The van der Waals surface area contributed by atoms with Crippen LogP contribution in [0.15, 0.2) is 54.4 Å². The molecular weight excluding hydrogens is 322 g/mol. The zero-order valence-corrected chi connectivity index (χ0v) is 13.4. The Balaban J connectivity index is 1.82. The number of nitrogens with one attached hydrogen (secondary N) is 1. The van der Waals surface area contributed by atoms with Gasteiger partial charge in [0.1, 0.15) is 5.57 Å². The standard InChI is InChI=1S/C18H15N3O4/c1-2-25-18(24)13-5-7-14(8-6-13)21-17(23)15(16(22)20-21)10-12-4-3-9-19-11-12/h3-11H,2H2,1H3,(H,20,22). The number of aromatic nitrogens is 1. The molecule has 1 aliphatic rings. The summed E-state index contributed by atoms with van der Waals surface area (Å²) in [6.07, 6.45) is 4.65. The van der Waals surface area contributed by atoms with Crippen molar-refractivity contribution < 1.29 is 19.1 Å². The molecule has 1 aliphatic heterocycles. The normalized spacial score (nSPS) is 15.4. The van der Waals surface area contributed by atoms with Crippen LogP contribution in [0, 0.1) is 0 Å². The van der Waals surface area contributed by atoms with Gasteiger partial charge in [0.25, 0.3) is 11.8 Å². The van der Waals surface area contributed by atoms with E-state index >= 15 is 0 Å². The molecular formula is C18H15N3O4. The number of amides is 2. The van der Waals surface area contributed by atoms with Gasteiger partial charge in [-0.3, -0.25) is 20.0 Å². The first-order valence-corrected chi connectivity index (χ1v) is 7.64. The average Bonchev–Trinajstić information content (AvgIpc) is 2.91. The number of carbonyl (C=O) groups excluding carboxylic acids is 3. The molecule has 0 spiro atoms. The van der Waals surface area contributed by atoms with Crippen LogP contribution in [0.5, 0.6) is 0 Å². The van der Waals surface area contributed by atoms with E-state index < -0.39 is 17.8 Å². The Morgan fingerprint density at radius 1 is 1.24 bits per heavy atom. The van der Waals surface area contributed by atoms with Gasteiger partial charge >= 0.3 is 5.97 Å². The fourth-order valence-electron chi connectivity index (χ4n) is 2.33. The molecule has 126 valence electrons. The summed E-state index contributed by atoms with van der Waals surface area (Å²) in [5.41, 5.74) is 3.99. The minimum absolute atomic E-state index is 0.0162.